The van der Waals surface area contributed by atoms with Gasteiger partial charge in [0.25, 0.3) is 0 Å². The number of ether oxygens (including phenoxy) is 1. The van der Waals surface area contributed by atoms with Crippen molar-refractivity contribution in [3.63, 3.8) is 0 Å². The Morgan fingerprint density at radius 2 is 2.33 bits per heavy atom. The molecule has 0 radical (unpaired) electrons. The predicted octanol–water partition coefficient (Wildman–Crippen LogP) is 1.68. The summed E-state index contributed by atoms with van der Waals surface area (Å²) < 4.78 is 5.68. The predicted molar refractivity (Wildman–Crippen MR) is 61.9 cm³/mol. The number of morpholine rings is 1. The molecule has 1 aromatic heterocycles. The number of nitrogens with zero attached hydrogens (tertiary/aromatic N) is 3. The summed E-state index contributed by atoms with van der Waals surface area (Å²) in [5.74, 6) is 0.526. The summed E-state index contributed by atoms with van der Waals surface area (Å²) in [6.45, 7) is 5.69. The molecular formula is C9H14ClN3OS. The SMILES string of the molecule is Cc1nnc(N2CC(C)OC(CCl)C2)s1. The lowest BCUT2D eigenvalue weighted by Crippen LogP contribution is -2.47. The first-order valence-electron chi connectivity index (χ1n) is 4.95. The maximum atomic E-state index is 5.82. The minimum Gasteiger partial charge on any atom is -0.370 e. The van der Waals surface area contributed by atoms with E-state index >= 15 is 0 Å². The van der Waals surface area contributed by atoms with Crippen molar-refractivity contribution in [3.05, 3.63) is 5.01 Å². The van der Waals surface area contributed by atoms with Gasteiger partial charge in [0.1, 0.15) is 5.01 Å². The van der Waals surface area contributed by atoms with Crippen LogP contribution < -0.4 is 4.90 Å². The van der Waals surface area contributed by atoms with Gasteiger partial charge in [0.15, 0.2) is 0 Å². The fraction of sp³-hybridized carbons (Fsp3) is 0.778. The minimum atomic E-state index is 0.0969. The van der Waals surface area contributed by atoms with Gasteiger partial charge in [0.2, 0.25) is 5.13 Å². The largest absolute Gasteiger partial charge is 0.370 e. The molecule has 2 atom stereocenters. The number of aromatic nitrogens is 2. The van der Waals surface area contributed by atoms with E-state index in [0.29, 0.717) is 5.88 Å². The fourth-order valence-corrected chi connectivity index (χ4v) is 2.58. The molecule has 1 aliphatic heterocycles. The van der Waals surface area contributed by atoms with Crippen LogP contribution in [0.3, 0.4) is 0 Å². The molecule has 1 saturated heterocycles. The molecule has 1 aliphatic rings. The molecule has 1 fully saturated rings. The summed E-state index contributed by atoms with van der Waals surface area (Å²) in [5, 5.41) is 10.1. The van der Waals surface area contributed by atoms with E-state index in [1.807, 2.05) is 6.92 Å². The number of alkyl halides is 1. The van der Waals surface area contributed by atoms with Gasteiger partial charge in [0, 0.05) is 13.1 Å². The van der Waals surface area contributed by atoms with Crippen LogP contribution in [-0.2, 0) is 4.74 Å². The van der Waals surface area contributed by atoms with E-state index in [4.69, 9.17) is 16.3 Å². The first kappa shape index (κ1) is 11.1. The van der Waals surface area contributed by atoms with Crippen molar-refractivity contribution in [2.24, 2.45) is 0 Å². The van der Waals surface area contributed by atoms with E-state index in [1.54, 1.807) is 11.3 Å². The Morgan fingerprint density at radius 3 is 2.93 bits per heavy atom. The average molecular weight is 248 g/mol. The molecule has 0 spiro atoms. The monoisotopic (exact) mass is 247 g/mol. The third-order valence-electron chi connectivity index (χ3n) is 2.28. The molecule has 0 amide bonds. The first-order valence-corrected chi connectivity index (χ1v) is 6.30. The zero-order valence-electron chi connectivity index (χ0n) is 8.81. The molecule has 0 saturated carbocycles. The molecule has 0 aromatic carbocycles. The zero-order valence-corrected chi connectivity index (χ0v) is 10.4. The number of hydrogen-bond acceptors (Lipinski definition) is 5. The average Bonchev–Trinajstić information content (AvgIpc) is 2.64. The topological polar surface area (TPSA) is 38.2 Å². The van der Waals surface area contributed by atoms with Gasteiger partial charge in [-0.05, 0) is 13.8 Å². The van der Waals surface area contributed by atoms with Crippen molar-refractivity contribution in [2.45, 2.75) is 26.1 Å². The number of halogens is 1. The van der Waals surface area contributed by atoms with Crippen molar-refractivity contribution >= 4 is 28.1 Å². The fourth-order valence-electron chi connectivity index (χ4n) is 1.70. The van der Waals surface area contributed by atoms with Crippen LogP contribution in [0, 0.1) is 6.92 Å². The number of anilines is 1. The van der Waals surface area contributed by atoms with Crippen molar-refractivity contribution in [1.82, 2.24) is 10.2 Å². The highest BCUT2D eigenvalue weighted by atomic mass is 35.5. The first-order chi connectivity index (χ1) is 7.19. The van der Waals surface area contributed by atoms with E-state index < -0.39 is 0 Å². The third-order valence-corrected chi connectivity index (χ3v) is 3.53. The van der Waals surface area contributed by atoms with Crippen LogP contribution in [-0.4, -0.2) is 41.4 Å². The van der Waals surface area contributed by atoms with E-state index in [0.717, 1.165) is 23.2 Å². The van der Waals surface area contributed by atoms with Crippen molar-refractivity contribution in [3.8, 4) is 0 Å². The molecule has 0 aliphatic carbocycles. The highest BCUT2D eigenvalue weighted by Crippen LogP contribution is 2.23. The van der Waals surface area contributed by atoms with Gasteiger partial charge < -0.3 is 9.64 Å². The Bertz CT molecular complexity index is 333. The van der Waals surface area contributed by atoms with Crippen LogP contribution in [0.2, 0.25) is 0 Å². The van der Waals surface area contributed by atoms with E-state index in [9.17, 15) is 0 Å². The Kier molecular flexibility index (Phi) is 3.43. The van der Waals surface area contributed by atoms with Gasteiger partial charge >= 0.3 is 0 Å². The van der Waals surface area contributed by atoms with E-state index in [2.05, 4.69) is 22.0 Å². The molecule has 4 nitrogen and oxygen atoms in total. The summed E-state index contributed by atoms with van der Waals surface area (Å²) in [4.78, 5) is 2.20. The molecule has 6 heteroatoms. The number of rotatable bonds is 2. The molecule has 2 heterocycles. The Hall–Kier alpha value is -0.390. The zero-order chi connectivity index (χ0) is 10.8. The normalized spacial score (nSPS) is 27.0. The van der Waals surface area contributed by atoms with Crippen LogP contribution in [0.15, 0.2) is 0 Å². The molecule has 0 bridgehead atoms. The highest BCUT2D eigenvalue weighted by Gasteiger charge is 2.26. The molecular weight excluding hydrogens is 234 g/mol. The summed E-state index contributed by atoms with van der Waals surface area (Å²) in [7, 11) is 0. The maximum absolute atomic E-state index is 5.82. The number of hydrogen-bond donors (Lipinski definition) is 0. The molecule has 1 aromatic rings. The lowest BCUT2D eigenvalue weighted by Gasteiger charge is -2.35. The van der Waals surface area contributed by atoms with Crippen LogP contribution in [0.25, 0.3) is 0 Å². The number of aryl methyl sites for hydroxylation is 1. The Morgan fingerprint density at radius 1 is 1.53 bits per heavy atom. The van der Waals surface area contributed by atoms with Gasteiger partial charge in [-0.3, -0.25) is 0 Å². The van der Waals surface area contributed by atoms with Gasteiger partial charge in [0.05, 0.1) is 18.1 Å². The van der Waals surface area contributed by atoms with Crippen molar-refractivity contribution in [2.75, 3.05) is 23.9 Å². The lowest BCUT2D eigenvalue weighted by molar-refractivity contribution is -0.00337. The smallest absolute Gasteiger partial charge is 0.208 e. The van der Waals surface area contributed by atoms with Gasteiger partial charge in [-0.15, -0.1) is 21.8 Å². The van der Waals surface area contributed by atoms with Crippen molar-refractivity contribution < 1.29 is 4.74 Å². The Labute approximate surface area is 98.2 Å². The lowest BCUT2D eigenvalue weighted by atomic mass is 10.2. The van der Waals surface area contributed by atoms with Gasteiger partial charge in [-0.1, -0.05) is 11.3 Å². The van der Waals surface area contributed by atoms with E-state index in [1.165, 1.54) is 0 Å². The third kappa shape index (κ3) is 2.59. The van der Waals surface area contributed by atoms with Crippen LogP contribution >= 0.6 is 22.9 Å². The molecule has 2 unspecified atom stereocenters. The second kappa shape index (κ2) is 4.63. The van der Waals surface area contributed by atoms with Crippen LogP contribution in [0.1, 0.15) is 11.9 Å². The summed E-state index contributed by atoms with van der Waals surface area (Å²) in [6, 6.07) is 0. The Balaban J connectivity index is 2.08. The quantitative estimate of drug-likeness (QED) is 0.746. The van der Waals surface area contributed by atoms with Crippen LogP contribution in [0.5, 0.6) is 0 Å². The molecule has 15 heavy (non-hydrogen) atoms. The highest BCUT2D eigenvalue weighted by molar-refractivity contribution is 7.15. The summed E-state index contributed by atoms with van der Waals surface area (Å²) in [5.41, 5.74) is 0. The van der Waals surface area contributed by atoms with E-state index in [-0.39, 0.29) is 12.2 Å². The van der Waals surface area contributed by atoms with Crippen LogP contribution in [0.4, 0.5) is 5.13 Å². The second-order valence-electron chi connectivity index (χ2n) is 3.73. The summed E-state index contributed by atoms with van der Waals surface area (Å²) in [6.07, 6.45) is 0.298. The minimum absolute atomic E-state index is 0.0969. The molecule has 84 valence electrons. The second-order valence-corrected chi connectivity index (χ2v) is 5.20. The van der Waals surface area contributed by atoms with Crippen molar-refractivity contribution in [1.29, 1.82) is 0 Å². The van der Waals surface area contributed by atoms with Gasteiger partial charge in [-0.25, -0.2) is 0 Å². The standard InChI is InChI=1S/C9H14ClN3OS/c1-6-4-13(5-8(3-10)14-6)9-12-11-7(2)15-9/h6,8H,3-5H2,1-2H3. The summed E-state index contributed by atoms with van der Waals surface area (Å²) >= 11 is 7.43. The van der Waals surface area contributed by atoms with Gasteiger partial charge in [-0.2, -0.15) is 0 Å². The maximum Gasteiger partial charge on any atom is 0.208 e. The molecule has 0 N–H and O–H groups in total. The molecule has 2 rings (SSSR count).